The third-order valence-electron chi connectivity index (χ3n) is 10.1. The molecular weight excluding hydrogens is 370 g/mol. The van der Waals surface area contributed by atoms with Crippen LogP contribution >= 0.6 is 0 Å². The summed E-state index contributed by atoms with van der Waals surface area (Å²) in [4.78, 5) is 0. The fourth-order valence-corrected chi connectivity index (χ4v) is 8.92. The van der Waals surface area contributed by atoms with Crippen LogP contribution in [0.4, 0.5) is 0 Å². The van der Waals surface area contributed by atoms with Crippen molar-refractivity contribution in [2.24, 2.45) is 39.7 Å². The van der Waals surface area contributed by atoms with Crippen molar-refractivity contribution in [1.29, 1.82) is 0 Å². The van der Waals surface area contributed by atoms with Crippen LogP contribution in [0.2, 0.25) is 0 Å². The van der Waals surface area contributed by atoms with Gasteiger partial charge >= 0.3 is 0 Å². The second-order valence-corrected chi connectivity index (χ2v) is 10.9. The molecule has 162 valence electrons. The van der Waals surface area contributed by atoms with Crippen molar-refractivity contribution in [2.45, 2.75) is 76.8 Å². The van der Waals surface area contributed by atoms with Gasteiger partial charge in [-0.25, -0.2) is 0 Å². The van der Waals surface area contributed by atoms with Crippen LogP contribution < -0.4 is 0 Å². The van der Waals surface area contributed by atoms with Crippen LogP contribution in [0.3, 0.4) is 0 Å². The molecule has 0 aromatic rings. The van der Waals surface area contributed by atoms with E-state index in [9.17, 15) is 5.21 Å². The Bertz CT molecular complexity index is 712. The maximum atomic E-state index is 9.94. The maximum Gasteiger partial charge on any atom is 0.229 e. The molecule has 0 aromatic carbocycles. The summed E-state index contributed by atoms with van der Waals surface area (Å²) in [6.07, 6.45) is 8.97. The van der Waals surface area contributed by atoms with Gasteiger partial charge in [0.2, 0.25) is 11.6 Å². The van der Waals surface area contributed by atoms with E-state index in [-0.39, 0.29) is 10.8 Å². The Balaban J connectivity index is 1.44. The van der Waals surface area contributed by atoms with Crippen LogP contribution in [-0.4, -0.2) is 48.9 Å². The van der Waals surface area contributed by atoms with Gasteiger partial charge in [-0.1, -0.05) is 31.8 Å². The summed E-state index contributed by atoms with van der Waals surface area (Å²) in [7, 11) is 0. The highest BCUT2D eigenvalue weighted by Gasteiger charge is 2.79. The molecule has 0 spiro atoms. The van der Waals surface area contributed by atoms with Gasteiger partial charge < -0.3 is 24.2 Å². The molecule has 0 aromatic heterocycles. The first-order chi connectivity index (χ1) is 14.0. The molecule has 1 unspecified atom stereocenters. The van der Waals surface area contributed by atoms with E-state index >= 15 is 0 Å². The van der Waals surface area contributed by atoms with Crippen molar-refractivity contribution >= 4 is 5.71 Å². The minimum Gasteiger partial charge on any atom is -0.411 e. The van der Waals surface area contributed by atoms with E-state index in [4.69, 9.17) is 18.9 Å². The third-order valence-corrected chi connectivity index (χ3v) is 10.1. The highest BCUT2D eigenvalue weighted by atomic mass is 16.8. The van der Waals surface area contributed by atoms with Crippen molar-refractivity contribution in [3.63, 3.8) is 0 Å². The third kappa shape index (κ3) is 2.15. The summed E-state index contributed by atoms with van der Waals surface area (Å²) in [5.74, 6) is 0.372. The van der Waals surface area contributed by atoms with E-state index in [0.29, 0.717) is 50.1 Å². The SMILES string of the molecule is C[C@]12CCCCC1/C(=N\O)C[C@@H]1[C@@H]2CC[C@@]2(C)[C@H]1CC13OCCOC12OCCO3. The normalized spacial score (nSPS) is 57.9. The van der Waals surface area contributed by atoms with Gasteiger partial charge in [0.25, 0.3) is 0 Å². The predicted molar refractivity (Wildman–Crippen MR) is 106 cm³/mol. The molecule has 0 bridgehead atoms. The largest absolute Gasteiger partial charge is 0.411 e. The summed E-state index contributed by atoms with van der Waals surface area (Å²) in [6.45, 7) is 7.07. The van der Waals surface area contributed by atoms with E-state index in [1.165, 1.54) is 32.1 Å². The van der Waals surface area contributed by atoms with Gasteiger partial charge in [0.05, 0.1) is 32.1 Å². The zero-order valence-electron chi connectivity index (χ0n) is 17.8. The molecular formula is C23H35NO5. The Morgan fingerprint density at radius 1 is 0.897 bits per heavy atom. The molecule has 6 atom stereocenters. The average molecular weight is 406 g/mol. The van der Waals surface area contributed by atoms with Crippen molar-refractivity contribution in [1.82, 2.24) is 0 Å². The Morgan fingerprint density at radius 3 is 2.34 bits per heavy atom. The number of fused-ring (bicyclic) bond motifs is 5. The minimum atomic E-state index is -0.799. The molecule has 1 N–H and O–H groups in total. The number of ether oxygens (including phenoxy) is 4. The monoisotopic (exact) mass is 405 g/mol. The minimum absolute atomic E-state index is 0.145. The summed E-state index contributed by atoms with van der Waals surface area (Å²) in [5, 5.41) is 13.8. The molecule has 2 aliphatic heterocycles. The highest BCUT2D eigenvalue weighted by Crippen LogP contribution is 2.72. The lowest BCUT2D eigenvalue weighted by Crippen LogP contribution is -2.70. The van der Waals surface area contributed by atoms with Gasteiger partial charge in [0.15, 0.2) is 0 Å². The van der Waals surface area contributed by atoms with Gasteiger partial charge in [0, 0.05) is 17.8 Å². The first kappa shape index (κ1) is 19.0. The predicted octanol–water partition coefficient (Wildman–Crippen LogP) is 3.96. The summed E-state index contributed by atoms with van der Waals surface area (Å²) in [6, 6.07) is 0. The van der Waals surface area contributed by atoms with Crippen LogP contribution in [0, 0.1) is 34.5 Å². The standard InChI is InChI=1S/C23H35NO5/c1-20-7-4-3-5-17(20)19(24-25)13-15-16(20)6-8-21(2)18(15)14-22-23(21,28-11-9-26-22)29-12-10-27-22/h15-18,25H,3-14H2,1-2H3/b24-19-/t15-,16+,17?,18+,20-,21+,22?,23?/m1/s1. The zero-order valence-corrected chi connectivity index (χ0v) is 17.8. The fraction of sp³-hybridized carbons (Fsp3) is 0.957. The molecule has 4 saturated carbocycles. The first-order valence-electron chi connectivity index (χ1n) is 11.8. The zero-order chi connectivity index (χ0) is 19.9. The van der Waals surface area contributed by atoms with E-state index in [2.05, 4.69) is 19.0 Å². The molecule has 29 heavy (non-hydrogen) atoms. The van der Waals surface area contributed by atoms with Crippen molar-refractivity contribution < 1.29 is 24.2 Å². The van der Waals surface area contributed by atoms with Crippen LogP contribution in [0.5, 0.6) is 0 Å². The number of rotatable bonds is 0. The lowest BCUT2D eigenvalue weighted by Gasteiger charge is -2.62. The summed E-state index contributed by atoms with van der Waals surface area (Å²) >= 11 is 0. The number of hydrogen-bond donors (Lipinski definition) is 1. The smallest absolute Gasteiger partial charge is 0.229 e. The summed E-state index contributed by atoms with van der Waals surface area (Å²) in [5.41, 5.74) is 1.13. The van der Waals surface area contributed by atoms with E-state index in [0.717, 1.165) is 25.0 Å². The highest BCUT2D eigenvalue weighted by molar-refractivity contribution is 5.88. The Morgan fingerprint density at radius 2 is 1.62 bits per heavy atom. The van der Waals surface area contributed by atoms with Crippen molar-refractivity contribution in [3.8, 4) is 0 Å². The van der Waals surface area contributed by atoms with Crippen LogP contribution in [-0.2, 0) is 18.9 Å². The van der Waals surface area contributed by atoms with Gasteiger partial charge in [-0.3, -0.25) is 0 Å². The molecule has 0 amide bonds. The van der Waals surface area contributed by atoms with Crippen LogP contribution in [0.1, 0.15) is 65.2 Å². The van der Waals surface area contributed by atoms with Crippen LogP contribution in [0.25, 0.3) is 0 Å². The Kier molecular flexibility index (Phi) is 4.06. The van der Waals surface area contributed by atoms with E-state index < -0.39 is 11.6 Å². The van der Waals surface area contributed by atoms with Gasteiger partial charge in [0.1, 0.15) is 0 Å². The molecule has 2 heterocycles. The molecule has 0 radical (unpaired) electrons. The second-order valence-electron chi connectivity index (χ2n) is 10.9. The Hall–Kier alpha value is -0.690. The molecule has 6 heteroatoms. The number of hydrogen-bond acceptors (Lipinski definition) is 6. The molecule has 6 nitrogen and oxygen atoms in total. The second kappa shape index (κ2) is 6.18. The lowest BCUT2D eigenvalue weighted by atomic mass is 9.44. The maximum absolute atomic E-state index is 9.94. The number of oxime groups is 1. The van der Waals surface area contributed by atoms with Gasteiger partial charge in [-0.2, -0.15) is 0 Å². The van der Waals surface area contributed by atoms with Crippen molar-refractivity contribution in [2.75, 3.05) is 26.4 Å². The van der Waals surface area contributed by atoms with Gasteiger partial charge in [-0.05, 0) is 55.3 Å². The number of nitrogens with zero attached hydrogens (tertiary/aromatic N) is 1. The van der Waals surface area contributed by atoms with E-state index in [1.807, 2.05) is 0 Å². The molecule has 6 rings (SSSR count). The van der Waals surface area contributed by atoms with Crippen LogP contribution in [0.15, 0.2) is 5.16 Å². The van der Waals surface area contributed by atoms with Crippen molar-refractivity contribution in [3.05, 3.63) is 0 Å². The molecule has 2 saturated heterocycles. The lowest BCUT2D eigenvalue weighted by molar-refractivity contribution is -0.474. The quantitative estimate of drug-likeness (QED) is 0.488. The van der Waals surface area contributed by atoms with E-state index in [1.54, 1.807) is 0 Å². The van der Waals surface area contributed by atoms with Gasteiger partial charge in [-0.15, -0.1) is 0 Å². The molecule has 6 aliphatic rings. The topological polar surface area (TPSA) is 69.5 Å². The first-order valence-corrected chi connectivity index (χ1v) is 11.8. The molecule has 6 fully saturated rings. The average Bonchev–Trinajstić information content (AvgIpc) is 2.99. The fourth-order valence-electron chi connectivity index (χ4n) is 8.92. The Labute approximate surface area is 173 Å². The summed E-state index contributed by atoms with van der Waals surface area (Å²) < 4.78 is 25.6. The molecule has 4 aliphatic carbocycles.